The summed E-state index contributed by atoms with van der Waals surface area (Å²) in [5.74, 6) is 1.00. The third-order valence-corrected chi connectivity index (χ3v) is 4.96. The zero-order chi connectivity index (χ0) is 19.2. The smallest absolute Gasteiger partial charge is 0.260 e. The first-order chi connectivity index (χ1) is 13.2. The van der Waals surface area contributed by atoms with E-state index >= 15 is 0 Å². The summed E-state index contributed by atoms with van der Waals surface area (Å²) in [4.78, 5) is 19.1. The normalized spacial score (nSPS) is 15.7. The van der Waals surface area contributed by atoms with Crippen LogP contribution < -0.4 is 15.2 Å². The number of hydrogen-bond acceptors (Lipinski definition) is 5. The number of benzene rings is 1. The van der Waals surface area contributed by atoms with Crippen LogP contribution in [0, 0.1) is 0 Å². The Balaban J connectivity index is 1.86. The molecule has 0 saturated carbocycles. The van der Waals surface area contributed by atoms with Gasteiger partial charge >= 0.3 is 0 Å². The molecule has 1 aromatic carbocycles. The Kier molecular flexibility index (Phi) is 6.29. The Morgan fingerprint density at radius 3 is 2.89 bits per heavy atom. The number of hydrogen-bond donors (Lipinski definition) is 1. The first kappa shape index (κ1) is 19.2. The highest BCUT2D eigenvalue weighted by Crippen LogP contribution is 2.38. The van der Waals surface area contributed by atoms with Gasteiger partial charge in [0.15, 0.2) is 11.5 Å². The summed E-state index contributed by atoms with van der Waals surface area (Å²) in [6, 6.07) is 3.43. The van der Waals surface area contributed by atoms with E-state index in [2.05, 4.69) is 23.9 Å². The molecule has 0 unspecified atom stereocenters. The maximum Gasteiger partial charge on any atom is 0.260 e. The van der Waals surface area contributed by atoms with Gasteiger partial charge in [-0.1, -0.05) is 6.08 Å². The van der Waals surface area contributed by atoms with Gasteiger partial charge in [-0.3, -0.25) is 9.79 Å². The quantitative estimate of drug-likeness (QED) is 0.561. The number of carbonyl (C=O) groups excluding carboxylic acids is 1. The highest BCUT2D eigenvalue weighted by atomic mass is 16.5. The average Bonchev–Trinajstić information content (AvgIpc) is 3.14. The van der Waals surface area contributed by atoms with E-state index in [-0.39, 0.29) is 5.91 Å². The standard InChI is InChI=1S/C21H27N3O3/c1-23-17-14-20(27-12-6-5-10-22)19(26-2)13-16(17)21(25)24-11-9-15-7-3-4-8-18(15)24/h4,8,13-14H,1,3,5-7,9-12,22H2,2H3. The molecule has 144 valence electrons. The lowest BCUT2D eigenvalue weighted by Gasteiger charge is -2.22. The summed E-state index contributed by atoms with van der Waals surface area (Å²) in [5, 5.41) is 0. The Bertz CT molecular complexity index is 783. The van der Waals surface area contributed by atoms with E-state index in [1.54, 1.807) is 19.2 Å². The lowest BCUT2D eigenvalue weighted by Crippen LogP contribution is -2.27. The largest absolute Gasteiger partial charge is 0.493 e. The van der Waals surface area contributed by atoms with E-state index in [1.807, 2.05) is 4.90 Å². The van der Waals surface area contributed by atoms with Gasteiger partial charge in [0.05, 0.1) is 25.0 Å². The predicted octanol–water partition coefficient (Wildman–Crippen LogP) is 3.60. The first-order valence-corrected chi connectivity index (χ1v) is 9.41. The molecule has 0 aromatic heterocycles. The molecule has 0 radical (unpaired) electrons. The lowest BCUT2D eigenvalue weighted by molar-refractivity contribution is 0.0823. The van der Waals surface area contributed by atoms with Gasteiger partial charge in [-0.15, -0.1) is 0 Å². The number of ether oxygens (including phenoxy) is 2. The Labute approximate surface area is 160 Å². The van der Waals surface area contributed by atoms with E-state index in [1.165, 1.54) is 5.57 Å². The van der Waals surface area contributed by atoms with E-state index < -0.39 is 0 Å². The lowest BCUT2D eigenvalue weighted by atomic mass is 10.0. The van der Waals surface area contributed by atoms with Crippen molar-refractivity contribution in [3.05, 3.63) is 41.1 Å². The summed E-state index contributed by atoms with van der Waals surface area (Å²) in [5.41, 5.74) is 8.88. The van der Waals surface area contributed by atoms with Gasteiger partial charge in [-0.25, -0.2) is 0 Å². The number of carbonyl (C=O) groups is 1. The fraction of sp³-hybridized carbons (Fsp3) is 0.429. The van der Waals surface area contributed by atoms with Crippen molar-refractivity contribution in [1.82, 2.24) is 4.90 Å². The molecule has 0 fully saturated rings. The molecule has 1 heterocycles. The number of allylic oxidation sites excluding steroid dienone is 2. The van der Waals surface area contributed by atoms with Crippen molar-refractivity contribution in [1.29, 1.82) is 0 Å². The summed E-state index contributed by atoms with van der Waals surface area (Å²) in [6.45, 7) is 5.49. The molecular weight excluding hydrogens is 342 g/mol. The maximum absolute atomic E-state index is 13.2. The highest BCUT2D eigenvalue weighted by molar-refractivity contribution is 6.01. The van der Waals surface area contributed by atoms with Crippen LogP contribution in [0.1, 0.15) is 42.5 Å². The minimum atomic E-state index is -0.0815. The van der Waals surface area contributed by atoms with Crippen molar-refractivity contribution in [3.63, 3.8) is 0 Å². The molecule has 0 bridgehead atoms. The maximum atomic E-state index is 13.2. The summed E-state index contributed by atoms with van der Waals surface area (Å²) < 4.78 is 11.3. The van der Waals surface area contributed by atoms with Crippen molar-refractivity contribution in [2.24, 2.45) is 10.7 Å². The number of methoxy groups -OCH3 is 1. The van der Waals surface area contributed by atoms with Crippen LogP contribution in [0.2, 0.25) is 0 Å². The first-order valence-electron chi connectivity index (χ1n) is 9.41. The fourth-order valence-corrected chi connectivity index (χ4v) is 3.51. The third-order valence-electron chi connectivity index (χ3n) is 4.96. The van der Waals surface area contributed by atoms with Gasteiger partial charge < -0.3 is 20.1 Å². The van der Waals surface area contributed by atoms with Crippen molar-refractivity contribution in [3.8, 4) is 11.5 Å². The van der Waals surface area contributed by atoms with Crippen molar-refractivity contribution < 1.29 is 14.3 Å². The number of amides is 1. The third kappa shape index (κ3) is 4.06. The highest BCUT2D eigenvalue weighted by Gasteiger charge is 2.29. The van der Waals surface area contributed by atoms with Gasteiger partial charge in [0.2, 0.25) is 0 Å². The second kappa shape index (κ2) is 8.86. The van der Waals surface area contributed by atoms with E-state index in [4.69, 9.17) is 15.2 Å². The fourth-order valence-electron chi connectivity index (χ4n) is 3.51. The average molecular weight is 369 g/mol. The Morgan fingerprint density at radius 2 is 2.15 bits per heavy atom. The number of nitrogens with zero attached hydrogens (tertiary/aromatic N) is 2. The number of aliphatic imine (C=N–C) groups is 1. The minimum Gasteiger partial charge on any atom is -0.493 e. The van der Waals surface area contributed by atoms with Crippen LogP contribution in [0.5, 0.6) is 11.5 Å². The van der Waals surface area contributed by atoms with Crippen LogP contribution in [0.4, 0.5) is 5.69 Å². The summed E-state index contributed by atoms with van der Waals surface area (Å²) in [6.07, 6.45) is 8.93. The molecular formula is C21H27N3O3. The zero-order valence-corrected chi connectivity index (χ0v) is 15.9. The number of nitrogens with two attached hydrogens (primary N) is 1. The molecule has 2 aliphatic rings. The zero-order valence-electron chi connectivity index (χ0n) is 15.9. The molecule has 27 heavy (non-hydrogen) atoms. The molecule has 1 aliphatic carbocycles. The van der Waals surface area contributed by atoms with Gasteiger partial charge in [-0.05, 0) is 63.1 Å². The predicted molar refractivity (Wildman–Crippen MR) is 107 cm³/mol. The Morgan fingerprint density at radius 1 is 1.30 bits per heavy atom. The van der Waals surface area contributed by atoms with Crippen molar-refractivity contribution >= 4 is 18.3 Å². The van der Waals surface area contributed by atoms with Gasteiger partial charge in [0.1, 0.15) is 0 Å². The van der Waals surface area contributed by atoms with Crippen LogP contribution in [0.3, 0.4) is 0 Å². The summed E-state index contributed by atoms with van der Waals surface area (Å²) >= 11 is 0. The van der Waals surface area contributed by atoms with Crippen LogP contribution in [0.25, 0.3) is 0 Å². The van der Waals surface area contributed by atoms with E-state index in [9.17, 15) is 4.79 Å². The van der Waals surface area contributed by atoms with E-state index in [0.29, 0.717) is 42.4 Å². The number of rotatable bonds is 8. The van der Waals surface area contributed by atoms with Crippen LogP contribution in [-0.2, 0) is 0 Å². The second-order valence-corrected chi connectivity index (χ2v) is 6.66. The van der Waals surface area contributed by atoms with Crippen molar-refractivity contribution in [2.45, 2.75) is 32.1 Å². The van der Waals surface area contributed by atoms with Gasteiger partial charge in [0, 0.05) is 18.3 Å². The van der Waals surface area contributed by atoms with Crippen LogP contribution in [0.15, 0.2) is 40.5 Å². The second-order valence-electron chi connectivity index (χ2n) is 6.66. The number of unbranched alkanes of at least 4 members (excludes halogenated alkanes) is 1. The minimum absolute atomic E-state index is 0.0815. The van der Waals surface area contributed by atoms with E-state index in [0.717, 1.165) is 37.8 Å². The van der Waals surface area contributed by atoms with Crippen molar-refractivity contribution in [2.75, 3.05) is 26.8 Å². The molecule has 6 heteroatoms. The molecule has 1 aliphatic heterocycles. The molecule has 1 amide bonds. The van der Waals surface area contributed by atoms with Crippen LogP contribution in [-0.4, -0.2) is 44.3 Å². The molecule has 0 atom stereocenters. The molecule has 0 spiro atoms. The molecule has 6 nitrogen and oxygen atoms in total. The molecule has 3 rings (SSSR count). The van der Waals surface area contributed by atoms with Crippen LogP contribution >= 0.6 is 0 Å². The monoisotopic (exact) mass is 369 g/mol. The molecule has 2 N–H and O–H groups in total. The summed E-state index contributed by atoms with van der Waals surface area (Å²) in [7, 11) is 1.57. The van der Waals surface area contributed by atoms with Gasteiger partial charge in [0.25, 0.3) is 5.91 Å². The molecule has 0 saturated heterocycles. The molecule has 1 aromatic rings. The van der Waals surface area contributed by atoms with Gasteiger partial charge in [-0.2, -0.15) is 0 Å². The Hall–Kier alpha value is -2.60. The topological polar surface area (TPSA) is 77.1 Å². The SMILES string of the molecule is C=Nc1cc(OCCCCN)c(OC)cc1C(=O)N1CCC2=C1C=CCC2.